The third kappa shape index (κ3) is 7.23. The van der Waals surface area contributed by atoms with Gasteiger partial charge in [-0.05, 0) is 244 Å². The van der Waals surface area contributed by atoms with Gasteiger partial charge in [0, 0.05) is 28.1 Å². The molecule has 0 spiro atoms. The van der Waals surface area contributed by atoms with E-state index in [9.17, 15) is 9.59 Å². The molecular weight excluding hydrogens is 925 g/mol. The summed E-state index contributed by atoms with van der Waals surface area (Å²) in [5.74, 6) is 3.71. The molecule has 0 aromatic heterocycles. The van der Waals surface area contributed by atoms with Crippen molar-refractivity contribution in [2.45, 2.75) is 209 Å². The summed E-state index contributed by atoms with van der Waals surface area (Å²) in [6.45, 7) is 6.15. The van der Waals surface area contributed by atoms with E-state index in [0.717, 1.165) is 128 Å². The summed E-state index contributed by atoms with van der Waals surface area (Å²) < 4.78 is 12.3. The van der Waals surface area contributed by atoms with Crippen LogP contribution in [-0.2, 0) is 28.7 Å². The summed E-state index contributed by atoms with van der Waals surface area (Å²) in [5.41, 5.74) is 0.526. The molecular formula is C63H80N4O7. The third-order valence-electron chi connectivity index (χ3n) is 23.4. The van der Waals surface area contributed by atoms with Crippen LogP contribution in [0, 0.1) is 69.0 Å². The molecule has 4 amide bonds. The van der Waals surface area contributed by atoms with Crippen LogP contribution >= 0.6 is 0 Å². The molecule has 0 aliphatic heterocycles. The number of rotatable bonds is 10. The van der Waals surface area contributed by atoms with Crippen LogP contribution in [0.2, 0.25) is 0 Å². The average molecular weight is 1010 g/mol. The molecule has 0 heterocycles. The van der Waals surface area contributed by atoms with E-state index in [0.29, 0.717) is 73.0 Å². The number of carbonyl (C=O) groups excluding carboxylic acids is 5. The Balaban J connectivity index is 0.633. The second-order valence-corrected chi connectivity index (χ2v) is 30.4. The topological polar surface area (TPSA) is 152 Å². The van der Waals surface area contributed by atoms with Crippen LogP contribution in [0.1, 0.15) is 192 Å². The maximum atomic E-state index is 15.5. The number of alkyl carbamates (subject to hydrolysis) is 1. The van der Waals surface area contributed by atoms with Crippen molar-refractivity contribution in [3.05, 3.63) is 59.7 Å². The zero-order chi connectivity index (χ0) is 50.5. The number of ether oxygens (including phenoxy) is 2. The number of esters is 1. The highest BCUT2D eigenvalue weighted by atomic mass is 16.6. The maximum Gasteiger partial charge on any atom is 0.407 e. The monoisotopic (exact) mass is 1000 g/mol. The molecule has 8 unspecified atom stereocenters. The Morgan fingerprint density at radius 3 is 1.11 bits per heavy atom. The molecule has 16 atom stereocenters. The molecule has 4 N–H and O–H groups in total. The molecule has 2 aromatic carbocycles. The first-order valence-electron chi connectivity index (χ1n) is 29.6. The first-order valence-corrected chi connectivity index (χ1v) is 29.6. The smallest absolute Gasteiger partial charge is 0.407 e. The SMILES string of the molecule is CC(C)(C)OC(=O)C12C[C@@H]3C[C@@H](CC(NC(=O)C45C[C@@H]6C[C@@H](CC(NC(=O)C78C[C@@H]9C[C@@H](CC(NC(=O)C%10%11C[C@@H]%12C[C@@H](CC(NC(=O)OCC%13c%14ccccc%14-c%14ccccc%14%13)(C%12)C%10)C%11)(C9)C7)C8)(C6)C4)C5)(C3)C1)C2. The first kappa shape index (κ1) is 46.9. The predicted octanol–water partition coefficient (Wildman–Crippen LogP) is 10.6. The molecule has 17 aliphatic rings. The van der Waals surface area contributed by atoms with E-state index in [1.165, 1.54) is 22.3 Å². The molecule has 19 rings (SSSR count). The lowest BCUT2D eigenvalue weighted by Gasteiger charge is -2.65. The Morgan fingerprint density at radius 2 is 0.757 bits per heavy atom. The Kier molecular flexibility index (Phi) is 9.76. The quantitative estimate of drug-likeness (QED) is 0.173. The Bertz CT molecular complexity index is 2670. The standard InChI is InChI=1S/C63H80N4O7/c1-55(2,3)74-53(71)59-22-43-15-44(23-59)29-62(28-43,36-59)66-51(69)57-18-39-13-40(19-57)25-60(24-39,34-57)64-50(68)56-16-37-12-38(17-56)27-61(26-37,33-56)65-52(70)58-20-41-14-42(21-58)31-63(30-41,35-58)67-54(72)73-32-49-47-10-6-4-8-45(47)46-9-5-7-11-48(46)49/h4-11,37-44,49H,12-36H2,1-3H3,(H,64,68)(H,65,70)(H,66,69)(H,67,72)/t37-,38+,39-,40+,41-,42+,43-,44+,56?,57?,58?,59?,60?,61?,62?,63?. The van der Waals surface area contributed by atoms with Gasteiger partial charge in [0.15, 0.2) is 0 Å². The summed E-state index contributed by atoms with van der Waals surface area (Å²) in [5, 5.41) is 14.9. The number of hydrogen-bond donors (Lipinski definition) is 4. The van der Waals surface area contributed by atoms with E-state index >= 15 is 14.4 Å². The number of hydrogen-bond acceptors (Lipinski definition) is 7. The van der Waals surface area contributed by atoms with Crippen LogP contribution in [0.3, 0.4) is 0 Å². The van der Waals surface area contributed by atoms with Crippen molar-refractivity contribution in [2.24, 2.45) is 69.0 Å². The molecule has 16 saturated carbocycles. The molecule has 394 valence electrons. The Labute approximate surface area is 437 Å². The number of fused-ring (bicyclic) bond motifs is 3. The van der Waals surface area contributed by atoms with E-state index in [4.69, 9.17) is 9.47 Å². The number of benzene rings is 2. The van der Waals surface area contributed by atoms with Crippen LogP contribution in [0.4, 0.5) is 4.79 Å². The lowest BCUT2D eigenvalue weighted by molar-refractivity contribution is -0.188. The number of carbonyl (C=O) groups is 5. The molecule has 16 fully saturated rings. The van der Waals surface area contributed by atoms with Gasteiger partial charge in [0.25, 0.3) is 0 Å². The second-order valence-electron chi connectivity index (χ2n) is 30.4. The van der Waals surface area contributed by atoms with Gasteiger partial charge in [-0.15, -0.1) is 0 Å². The minimum atomic E-state index is -0.547. The van der Waals surface area contributed by atoms with Crippen LogP contribution in [-0.4, -0.2) is 64.1 Å². The van der Waals surface area contributed by atoms with Gasteiger partial charge >= 0.3 is 12.1 Å². The van der Waals surface area contributed by atoms with Crippen molar-refractivity contribution < 1.29 is 33.4 Å². The van der Waals surface area contributed by atoms with Crippen LogP contribution in [0.15, 0.2) is 48.5 Å². The van der Waals surface area contributed by atoms with Gasteiger partial charge in [0.05, 0.1) is 21.7 Å². The summed E-state index contributed by atoms with van der Waals surface area (Å²) in [7, 11) is 0. The van der Waals surface area contributed by atoms with Gasteiger partial charge in [0.1, 0.15) is 12.2 Å². The minimum Gasteiger partial charge on any atom is -0.460 e. The maximum absolute atomic E-state index is 15.5. The van der Waals surface area contributed by atoms with Crippen molar-refractivity contribution in [1.29, 1.82) is 0 Å². The fraction of sp³-hybridized carbons (Fsp3) is 0.730. The van der Waals surface area contributed by atoms with Crippen LogP contribution in [0.5, 0.6) is 0 Å². The molecule has 0 saturated heterocycles. The fourth-order valence-electron chi connectivity index (χ4n) is 23.0. The molecule has 16 bridgehead atoms. The normalized spacial score (nSPS) is 45.7. The largest absolute Gasteiger partial charge is 0.460 e. The van der Waals surface area contributed by atoms with E-state index in [1.54, 1.807) is 0 Å². The van der Waals surface area contributed by atoms with Gasteiger partial charge in [-0.1, -0.05) is 48.5 Å². The number of nitrogens with one attached hydrogen (secondary N) is 4. The lowest BCUT2D eigenvalue weighted by atomic mass is 9.44. The predicted molar refractivity (Wildman–Crippen MR) is 278 cm³/mol. The van der Waals surface area contributed by atoms with Gasteiger partial charge in [-0.2, -0.15) is 0 Å². The fourth-order valence-corrected chi connectivity index (χ4v) is 23.0. The zero-order valence-corrected chi connectivity index (χ0v) is 44.4. The van der Waals surface area contributed by atoms with Crippen molar-refractivity contribution >= 4 is 29.8 Å². The highest BCUT2D eigenvalue weighted by molar-refractivity contribution is 5.88. The molecule has 74 heavy (non-hydrogen) atoms. The van der Waals surface area contributed by atoms with Crippen LogP contribution < -0.4 is 21.3 Å². The molecule has 2 aromatic rings. The molecule has 17 aliphatic carbocycles. The van der Waals surface area contributed by atoms with Crippen molar-refractivity contribution in [1.82, 2.24) is 21.3 Å². The minimum absolute atomic E-state index is 0.0121. The Hall–Kier alpha value is -4.41. The summed E-state index contributed by atoms with van der Waals surface area (Å²) in [6.07, 6.45) is 21.4. The van der Waals surface area contributed by atoms with E-state index in [-0.39, 0.29) is 47.8 Å². The molecule has 0 radical (unpaired) electrons. The molecule has 11 nitrogen and oxygen atoms in total. The highest BCUT2D eigenvalue weighted by Crippen LogP contribution is 2.68. The number of amides is 4. The highest BCUT2D eigenvalue weighted by Gasteiger charge is 2.69. The molecule has 11 heteroatoms. The summed E-state index contributed by atoms with van der Waals surface area (Å²) in [4.78, 5) is 74.0. The third-order valence-corrected chi connectivity index (χ3v) is 23.4. The van der Waals surface area contributed by atoms with Gasteiger partial charge in [0.2, 0.25) is 17.7 Å². The average Bonchev–Trinajstić information content (AvgIpc) is 3.61. The van der Waals surface area contributed by atoms with Crippen molar-refractivity contribution in [3.63, 3.8) is 0 Å². The first-order chi connectivity index (χ1) is 35.2. The van der Waals surface area contributed by atoms with Crippen molar-refractivity contribution in [2.75, 3.05) is 6.61 Å². The van der Waals surface area contributed by atoms with Crippen LogP contribution in [0.25, 0.3) is 11.1 Å². The second kappa shape index (κ2) is 15.4. The van der Waals surface area contributed by atoms with E-state index in [2.05, 4.69) is 69.8 Å². The zero-order valence-electron chi connectivity index (χ0n) is 44.4. The summed E-state index contributed by atoms with van der Waals surface area (Å²) >= 11 is 0. The Morgan fingerprint density at radius 1 is 0.446 bits per heavy atom. The van der Waals surface area contributed by atoms with Crippen molar-refractivity contribution in [3.8, 4) is 11.1 Å². The summed E-state index contributed by atoms with van der Waals surface area (Å²) in [6, 6.07) is 16.9. The lowest BCUT2D eigenvalue weighted by Crippen LogP contribution is -2.72. The van der Waals surface area contributed by atoms with Gasteiger partial charge < -0.3 is 30.7 Å². The van der Waals surface area contributed by atoms with Gasteiger partial charge in [-0.3, -0.25) is 19.2 Å². The van der Waals surface area contributed by atoms with E-state index < -0.39 is 43.9 Å². The van der Waals surface area contributed by atoms with E-state index in [1.807, 2.05) is 20.8 Å². The van der Waals surface area contributed by atoms with Gasteiger partial charge in [-0.25, -0.2) is 4.79 Å².